The predicted octanol–water partition coefficient (Wildman–Crippen LogP) is 4.04. The third-order valence-corrected chi connectivity index (χ3v) is 5.91. The van der Waals surface area contributed by atoms with Gasteiger partial charge in [-0.05, 0) is 37.0 Å². The van der Waals surface area contributed by atoms with Gasteiger partial charge in [-0.2, -0.15) is 0 Å². The van der Waals surface area contributed by atoms with Crippen molar-refractivity contribution in [3.63, 3.8) is 0 Å². The van der Waals surface area contributed by atoms with Gasteiger partial charge in [0, 0.05) is 30.7 Å². The highest BCUT2D eigenvalue weighted by Crippen LogP contribution is 2.28. The molecule has 1 saturated heterocycles. The molecule has 0 unspecified atom stereocenters. The zero-order chi connectivity index (χ0) is 21.9. The standard InChI is InChI=1S/C25H25N5O2/c1-2-18-15-26-25(27-16-18)32-17-20-11-8-14-29(20)24(31)23-22(19-9-4-3-5-10-19)28-21-12-6-7-13-30(21)23/h3-7,9-10,12-13,15-16,20H,2,8,11,14,17H2,1H3/t20-/m0/s1. The summed E-state index contributed by atoms with van der Waals surface area (Å²) in [4.78, 5) is 29.0. The van der Waals surface area contributed by atoms with E-state index < -0.39 is 0 Å². The maximum atomic E-state index is 13.8. The van der Waals surface area contributed by atoms with Crippen LogP contribution in [0.25, 0.3) is 16.9 Å². The highest BCUT2D eigenvalue weighted by Gasteiger charge is 2.33. The van der Waals surface area contributed by atoms with Crippen LogP contribution in [0.4, 0.5) is 0 Å². The van der Waals surface area contributed by atoms with E-state index in [2.05, 4.69) is 16.9 Å². The summed E-state index contributed by atoms with van der Waals surface area (Å²) < 4.78 is 7.73. The van der Waals surface area contributed by atoms with Crippen molar-refractivity contribution in [2.24, 2.45) is 0 Å². The molecule has 7 nitrogen and oxygen atoms in total. The molecule has 1 atom stereocenters. The van der Waals surface area contributed by atoms with Crippen molar-refractivity contribution >= 4 is 11.6 Å². The van der Waals surface area contributed by atoms with Crippen molar-refractivity contribution in [1.82, 2.24) is 24.3 Å². The zero-order valence-electron chi connectivity index (χ0n) is 18.0. The number of aromatic nitrogens is 4. The summed E-state index contributed by atoms with van der Waals surface area (Å²) in [6.45, 7) is 3.12. The lowest BCUT2D eigenvalue weighted by atomic mass is 10.1. The number of rotatable bonds is 6. The van der Waals surface area contributed by atoms with Crippen molar-refractivity contribution in [3.05, 3.63) is 78.4 Å². The second kappa shape index (κ2) is 8.78. The third-order valence-electron chi connectivity index (χ3n) is 5.91. The van der Waals surface area contributed by atoms with Crippen LogP contribution < -0.4 is 4.74 Å². The number of fused-ring (bicyclic) bond motifs is 1. The molecule has 0 N–H and O–H groups in total. The Labute approximate surface area is 186 Å². The van der Waals surface area contributed by atoms with Gasteiger partial charge < -0.3 is 9.64 Å². The molecule has 0 bridgehead atoms. The fraction of sp³-hybridized carbons (Fsp3) is 0.280. The van der Waals surface area contributed by atoms with Crippen LogP contribution in [0.2, 0.25) is 0 Å². The van der Waals surface area contributed by atoms with Crippen LogP contribution in [0.3, 0.4) is 0 Å². The molecule has 0 aliphatic carbocycles. The molecular formula is C25H25N5O2. The Kier molecular flexibility index (Phi) is 5.54. The molecule has 1 aromatic carbocycles. The van der Waals surface area contributed by atoms with Crippen LogP contribution in [0.15, 0.2) is 67.1 Å². The van der Waals surface area contributed by atoms with E-state index in [4.69, 9.17) is 9.72 Å². The zero-order valence-corrected chi connectivity index (χ0v) is 18.0. The highest BCUT2D eigenvalue weighted by atomic mass is 16.5. The molecule has 0 spiro atoms. The first-order valence-corrected chi connectivity index (χ1v) is 11.0. The topological polar surface area (TPSA) is 72.6 Å². The van der Waals surface area contributed by atoms with Crippen LogP contribution in [0, 0.1) is 0 Å². The van der Waals surface area contributed by atoms with Gasteiger partial charge in [-0.3, -0.25) is 9.20 Å². The lowest BCUT2D eigenvalue weighted by Gasteiger charge is -2.24. The van der Waals surface area contributed by atoms with Gasteiger partial charge in [0.25, 0.3) is 5.91 Å². The quantitative estimate of drug-likeness (QED) is 0.464. The molecule has 32 heavy (non-hydrogen) atoms. The number of nitrogens with zero attached hydrogens (tertiary/aromatic N) is 5. The molecule has 0 radical (unpaired) electrons. The first-order valence-electron chi connectivity index (χ1n) is 11.0. The minimum Gasteiger partial charge on any atom is -0.461 e. The number of carbonyl (C=O) groups is 1. The molecule has 1 fully saturated rings. The minimum atomic E-state index is -0.0326. The van der Waals surface area contributed by atoms with Crippen molar-refractivity contribution in [3.8, 4) is 17.3 Å². The summed E-state index contributed by atoms with van der Waals surface area (Å²) in [6.07, 6.45) is 8.17. The number of hydrogen-bond donors (Lipinski definition) is 0. The number of benzene rings is 1. The summed E-state index contributed by atoms with van der Waals surface area (Å²) in [7, 11) is 0. The summed E-state index contributed by atoms with van der Waals surface area (Å²) in [5, 5.41) is 0. The molecule has 1 aliphatic rings. The highest BCUT2D eigenvalue weighted by molar-refractivity contribution is 6.00. The molecular weight excluding hydrogens is 402 g/mol. The van der Waals surface area contributed by atoms with Crippen LogP contribution in [0.1, 0.15) is 35.8 Å². The van der Waals surface area contributed by atoms with Gasteiger partial charge in [-0.25, -0.2) is 15.0 Å². The van der Waals surface area contributed by atoms with Gasteiger partial charge in [0.2, 0.25) is 0 Å². The van der Waals surface area contributed by atoms with Gasteiger partial charge in [0.15, 0.2) is 0 Å². The van der Waals surface area contributed by atoms with Gasteiger partial charge in [-0.15, -0.1) is 0 Å². The SMILES string of the molecule is CCc1cnc(OC[C@@H]2CCCN2C(=O)c2c(-c3ccccc3)nc3ccccn23)nc1. The Morgan fingerprint density at radius 3 is 2.66 bits per heavy atom. The largest absolute Gasteiger partial charge is 0.461 e. The number of aryl methyl sites for hydroxylation is 1. The van der Waals surface area contributed by atoms with E-state index in [9.17, 15) is 4.79 Å². The van der Waals surface area contributed by atoms with Gasteiger partial charge in [-0.1, -0.05) is 43.3 Å². The second-order valence-electron chi connectivity index (χ2n) is 7.94. The van der Waals surface area contributed by atoms with E-state index >= 15 is 0 Å². The number of hydrogen-bond acceptors (Lipinski definition) is 5. The Morgan fingerprint density at radius 1 is 1.09 bits per heavy atom. The molecule has 3 aromatic heterocycles. The summed E-state index contributed by atoms with van der Waals surface area (Å²) in [5.74, 6) is -0.0316. The Morgan fingerprint density at radius 2 is 1.88 bits per heavy atom. The van der Waals surface area contributed by atoms with Crippen molar-refractivity contribution in [2.75, 3.05) is 13.2 Å². The molecule has 1 amide bonds. The monoisotopic (exact) mass is 427 g/mol. The van der Waals surface area contributed by atoms with Gasteiger partial charge >= 0.3 is 6.01 Å². The maximum Gasteiger partial charge on any atom is 0.316 e. The Bertz CT molecular complexity index is 1220. The van der Waals surface area contributed by atoms with Crippen LogP contribution in [-0.4, -0.2) is 49.4 Å². The van der Waals surface area contributed by atoms with E-state index in [0.717, 1.165) is 36.0 Å². The van der Waals surface area contributed by atoms with Crippen molar-refractivity contribution in [1.29, 1.82) is 0 Å². The first kappa shape index (κ1) is 20.2. The lowest BCUT2D eigenvalue weighted by Crippen LogP contribution is -2.39. The number of amides is 1. The fourth-order valence-corrected chi connectivity index (χ4v) is 4.18. The molecule has 5 rings (SSSR count). The molecule has 0 saturated carbocycles. The fourth-order valence-electron chi connectivity index (χ4n) is 4.18. The third kappa shape index (κ3) is 3.82. The van der Waals surface area contributed by atoms with E-state index in [1.807, 2.05) is 64.0 Å². The van der Waals surface area contributed by atoms with E-state index in [0.29, 0.717) is 30.5 Å². The van der Waals surface area contributed by atoms with E-state index in [-0.39, 0.29) is 11.9 Å². The normalized spacial score (nSPS) is 15.9. The van der Waals surface area contributed by atoms with Gasteiger partial charge in [0.1, 0.15) is 23.6 Å². The lowest BCUT2D eigenvalue weighted by molar-refractivity contribution is 0.0680. The van der Waals surface area contributed by atoms with Crippen LogP contribution in [0.5, 0.6) is 6.01 Å². The van der Waals surface area contributed by atoms with Crippen LogP contribution >= 0.6 is 0 Å². The number of imidazole rings is 1. The molecule has 1 aliphatic heterocycles. The summed E-state index contributed by atoms with van der Waals surface area (Å²) in [5.41, 5.74) is 4.03. The molecule has 4 heterocycles. The first-order chi connectivity index (χ1) is 15.7. The smallest absolute Gasteiger partial charge is 0.316 e. The summed E-state index contributed by atoms with van der Waals surface area (Å²) >= 11 is 0. The maximum absolute atomic E-state index is 13.8. The van der Waals surface area contributed by atoms with Crippen molar-refractivity contribution in [2.45, 2.75) is 32.2 Å². The predicted molar refractivity (Wildman–Crippen MR) is 122 cm³/mol. The number of pyridine rings is 1. The molecule has 162 valence electrons. The Balaban J connectivity index is 1.42. The second-order valence-corrected chi connectivity index (χ2v) is 7.94. The van der Waals surface area contributed by atoms with Crippen LogP contribution in [-0.2, 0) is 6.42 Å². The number of ether oxygens (including phenoxy) is 1. The average Bonchev–Trinajstić information content (AvgIpc) is 3.48. The molecule has 4 aromatic rings. The average molecular weight is 428 g/mol. The van der Waals surface area contributed by atoms with Crippen molar-refractivity contribution < 1.29 is 9.53 Å². The molecule has 7 heteroatoms. The van der Waals surface area contributed by atoms with E-state index in [1.165, 1.54) is 0 Å². The summed E-state index contributed by atoms with van der Waals surface area (Å²) in [6, 6.07) is 15.9. The Hall–Kier alpha value is -3.74. The number of carbonyl (C=O) groups excluding carboxylic acids is 1. The minimum absolute atomic E-state index is 0.0316. The van der Waals surface area contributed by atoms with Gasteiger partial charge in [0.05, 0.1) is 6.04 Å². The van der Waals surface area contributed by atoms with E-state index in [1.54, 1.807) is 12.4 Å². The number of likely N-dealkylation sites (tertiary alicyclic amines) is 1.